The highest BCUT2D eigenvalue weighted by Crippen LogP contribution is 2.32. The van der Waals surface area contributed by atoms with E-state index in [2.05, 4.69) is 0 Å². The smallest absolute Gasteiger partial charge is 0.313 e. The van der Waals surface area contributed by atoms with Gasteiger partial charge in [-0.1, -0.05) is 11.6 Å². The highest BCUT2D eigenvalue weighted by Gasteiger charge is 2.46. The number of rotatable bonds is 4. The average molecular weight is 312 g/mol. The Morgan fingerprint density at radius 1 is 1.43 bits per heavy atom. The summed E-state index contributed by atoms with van der Waals surface area (Å²) in [4.78, 5) is 25.5. The van der Waals surface area contributed by atoms with Gasteiger partial charge in [0.25, 0.3) is 5.91 Å². The molecule has 1 N–H and O–H groups in total. The minimum atomic E-state index is -1.02. The lowest BCUT2D eigenvalue weighted by Crippen LogP contribution is -2.40. The fourth-order valence-electron chi connectivity index (χ4n) is 2.72. The van der Waals surface area contributed by atoms with E-state index in [1.807, 2.05) is 6.92 Å². The molecule has 1 aliphatic rings. The second-order valence-corrected chi connectivity index (χ2v) is 5.95. The summed E-state index contributed by atoms with van der Waals surface area (Å²) >= 11 is 5.97. The van der Waals surface area contributed by atoms with E-state index in [4.69, 9.17) is 16.3 Å². The third kappa shape index (κ3) is 3.19. The Morgan fingerprint density at radius 2 is 2.14 bits per heavy atom. The van der Waals surface area contributed by atoms with Gasteiger partial charge in [0.05, 0.1) is 6.61 Å². The van der Waals surface area contributed by atoms with Crippen LogP contribution in [0.25, 0.3) is 0 Å². The van der Waals surface area contributed by atoms with Crippen LogP contribution in [0.3, 0.4) is 0 Å². The molecular formula is C15H18ClNO4. The predicted octanol–water partition coefficient (Wildman–Crippen LogP) is 2.21. The molecule has 0 aromatic heterocycles. The number of hydrogen-bond acceptors (Lipinski definition) is 3. The molecule has 1 atom stereocenters. The first kappa shape index (κ1) is 15.8. The quantitative estimate of drug-likeness (QED) is 0.926. The number of carboxylic acids is 1. The molecule has 1 aliphatic heterocycles. The van der Waals surface area contributed by atoms with Gasteiger partial charge in [0.1, 0.15) is 5.41 Å². The van der Waals surface area contributed by atoms with Crippen molar-refractivity contribution in [1.82, 2.24) is 4.90 Å². The fraction of sp³-hybridized carbons (Fsp3) is 0.467. The van der Waals surface area contributed by atoms with Gasteiger partial charge in [0.2, 0.25) is 0 Å². The molecule has 21 heavy (non-hydrogen) atoms. The van der Waals surface area contributed by atoms with Gasteiger partial charge in [-0.25, -0.2) is 0 Å². The number of ether oxygens (including phenoxy) is 1. The largest absolute Gasteiger partial charge is 0.481 e. The third-order valence-corrected chi connectivity index (χ3v) is 4.02. The number of carboxylic acid groups (broad SMARTS) is 1. The lowest BCUT2D eigenvalue weighted by Gasteiger charge is -2.24. The topological polar surface area (TPSA) is 66.8 Å². The van der Waals surface area contributed by atoms with Gasteiger partial charge in [-0.15, -0.1) is 0 Å². The second-order valence-electron chi connectivity index (χ2n) is 5.51. The molecule has 1 unspecified atom stereocenters. The fourth-order valence-corrected chi connectivity index (χ4v) is 3.01. The Labute approximate surface area is 128 Å². The number of aryl methyl sites for hydroxylation is 1. The molecule has 1 aromatic rings. The molecule has 0 bridgehead atoms. The van der Waals surface area contributed by atoms with E-state index in [0.717, 1.165) is 5.56 Å². The minimum absolute atomic E-state index is 0.0979. The zero-order valence-electron chi connectivity index (χ0n) is 12.1. The van der Waals surface area contributed by atoms with Crippen molar-refractivity contribution in [3.05, 3.63) is 34.3 Å². The highest BCUT2D eigenvalue weighted by molar-refractivity contribution is 6.31. The van der Waals surface area contributed by atoms with Crippen LogP contribution in [0.15, 0.2) is 18.2 Å². The Balaban J connectivity index is 2.20. The third-order valence-electron chi connectivity index (χ3n) is 3.80. The summed E-state index contributed by atoms with van der Waals surface area (Å²) in [6, 6.07) is 5.13. The monoisotopic (exact) mass is 311 g/mol. The number of nitrogens with zero attached hydrogens (tertiary/aromatic N) is 1. The predicted molar refractivity (Wildman–Crippen MR) is 78.7 cm³/mol. The van der Waals surface area contributed by atoms with Crippen molar-refractivity contribution in [3.63, 3.8) is 0 Å². The lowest BCUT2D eigenvalue weighted by atomic mass is 9.88. The van der Waals surface area contributed by atoms with E-state index in [1.54, 1.807) is 23.1 Å². The average Bonchev–Trinajstić information content (AvgIpc) is 2.83. The molecule has 114 valence electrons. The van der Waals surface area contributed by atoms with Crippen molar-refractivity contribution >= 4 is 23.5 Å². The number of amides is 1. The number of benzene rings is 1. The molecule has 0 saturated carbocycles. The minimum Gasteiger partial charge on any atom is -0.481 e. The maximum absolute atomic E-state index is 12.5. The van der Waals surface area contributed by atoms with E-state index in [0.29, 0.717) is 23.6 Å². The second kappa shape index (κ2) is 6.03. The SMILES string of the molecule is COCC1(C(=O)O)CCN(C(=O)c2cc(C)cc(Cl)c2)C1. The number of hydrogen-bond donors (Lipinski definition) is 1. The highest BCUT2D eigenvalue weighted by atomic mass is 35.5. The number of methoxy groups -OCH3 is 1. The van der Waals surface area contributed by atoms with Crippen LogP contribution in [0, 0.1) is 12.3 Å². The summed E-state index contributed by atoms with van der Waals surface area (Å²) in [6.07, 6.45) is 0.390. The number of halogens is 1. The number of aliphatic carboxylic acids is 1. The molecule has 1 saturated heterocycles. The van der Waals surface area contributed by atoms with Gasteiger partial charge in [0, 0.05) is 30.8 Å². The molecule has 1 aromatic carbocycles. The summed E-state index contributed by atoms with van der Waals surface area (Å²) in [5.41, 5.74) is 0.364. The summed E-state index contributed by atoms with van der Waals surface area (Å²) in [5, 5.41) is 9.91. The maximum Gasteiger partial charge on any atom is 0.313 e. The van der Waals surface area contributed by atoms with Crippen LogP contribution >= 0.6 is 11.6 Å². The number of likely N-dealkylation sites (tertiary alicyclic amines) is 1. The normalized spacial score (nSPS) is 21.6. The first-order valence-electron chi connectivity index (χ1n) is 6.67. The first-order chi connectivity index (χ1) is 9.88. The van der Waals surface area contributed by atoms with Crippen molar-refractivity contribution in [1.29, 1.82) is 0 Å². The summed E-state index contributed by atoms with van der Waals surface area (Å²) in [6.45, 7) is 2.51. The van der Waals surface area contributed by atoms with Crippen molar-refractivity contribution in [3.8, 4) is 0 Å². The molecule has 1 amide bonds. The molecule has 0 radical (unpaired) electrons. The van der Waals surface area contributed by atoms with E-state index in [9.17, 15) is 14.7 Å². The number of carbonyl (C=O) groups is 2. The van der Waals surface area contributed by atoms with Crippen molar-refractivity contribution < 1.29 is 19.4 Å². The van der Waals surface area contributed by atoms with Crippen LogP contribution in [0.1, 0.15) is 22.3 Å². The van der Waals surface area contributed by atoms with Gasteiger partial charge in [0.15, 0.2) is 0 Å². The van der Waals surface area contributed by atoms with Crippen molar-refractivity contribution in [2.75, 3.05) is 26.8 Å². The van der Waals surface area contributed by atoms with E-state index >= 15 is 0 Å². The van der Waals surface area contributed by atoms with Crippen LogP contribution in [0.4, 0.5) is 0 Å². The molecule has 0 spiro atoms. The Kier molecular flexibility index (Phi) is 4.54. The zero-order valence-corrected chi connectivity index (χ0v) is 12.8. The standard InChI is InChI=1S/C15H18ClNO4/c1-10-5-11(7-12(16)6-10)13(18)17-4-3-15(8-17,9-21-2)14(19)20/h5-7H,3-4,8-9H2,1-2H3,(H,19,20). The van der Waals surface area contributed by atoms with Gasteiger partial charge in [-0.3, -0.25) is 9.59 Å². The van der Waals surface area contributed by atoms with E-state index in [1.165, 1.54) is 7.11 Å². The van der Waals surface area contributed by atoms with Crippen LogP contribution in [0.2, 0.25) is 5.02 Å². The summed E-state index contributed by atoms with van der Waals surface area (Å²) < 4.78 is 5.02. The summed E-state index contributed by atoms with van der Waals surface area (Å²) in [5.74, 6) is -1.12. The molecular weight excluding hydrogens is 294 g/mol. The number of carbonyl (C=O) groups excluding carboxylic acids is 1. The molecule has 1 fully saturated rings. The molecule has 1 heterocycles. The molecule has 5 nitrogen and oxygen atoms in total. The van der Waals surface area contributed by atoms with Crippen LogP contribution in [-0.4, -0.2) is 48.7 Å². The van der Waals surface area contributed by atoms with Crippen LogP contribution in [0.5, 0.6) is 0 Å². The first-order valence-corrected chi connectivity index (χ1v) is 7.04. The molecule has 6 heteroatoms. The Bertz CT molecular complexity index is 555. The van der Waals surface area contributed by atoms with Crippen LogP contribution in [-0.2, 0) is 9.53 Å². The van der Waals surface area contributed by atoms with Crippen molar-refractivity contribution in [2.45, 2.75) is 13.3 Å². The zero-order chi connectivity index (χ0) is 15.6. The van der Waals surface area contributed by atoms with Gasteiger partial charge in [-0.05, 0) is 37.1 Å². The van der Waals surface area contributed by atoms with Crippen molar-refractivity contribution in [2.24, 2.45) is 5.41 Å². The Hall–Kier alpha value is -1.59. The lowest BCUT2D eigenvalue weighted by molar-refractivity contribution is -0.151. The van der Waals surface area contributed by atoms with Gasteiger partial charge < -0.3 is 14.7 Å². The maximum atomic E-state index is 12.5. The van der Waals surface area contributed by atoms with Gasteiger partial charge >= 0.3 is 5.97 Å². The van der Waals surface area contributed by atoms with Gasteiger partial charge in [-0.2, -0.15) is 0 Å². The van der Waals surface area contributed by atoms with E-state index < -0.39 is 11.4 Å². The van der Waals surface area contributed by atoms with Crippen LogP contribution < -0.4 is 0 Å². The Morgan fingerprint density at radius 3 is 2.71 bits per heavy atom. The molecule has 0 aliphatic carbocycles. The summed E-state index contributed by atoms with van der Waals surface area (Å²) in [7, 11) is 1.47. The molecule has 2 rings (SSSR count). The van der Waals surface area contributed by atoms with E-state index in [-0.39, 0.29) is 19.1 Å².